The lowest BCUT2D eigenvalue weighted by molar-refractivity contribution is -0.133. The molecule has 1 saturated carbocycles. The molecule has 2 bridgehead atoms. The zero-order valence-corrected chi connectivity index (χ0v) is 18.0. The molecule has 2 saturated heterocycles. The van der Waals surface area contributed by atoms with Crippen LogP contribution in [0.15, 0.2) is 36.8 Å². The van der Waals surface area contributed by atoms with Crippen molar-refractivity contribution in [3.8, 4) is 11.1 Å². The van der Waals surface area contributed by atoms with Gasteiger partial charge in [-0.1, -0.05) is 25.3 Å². The average molecular weight is 418 g/mol. The molecule has 162 valence electrons. The first-order chi connectivity index (χ1) is 15.3. The second kappa shape index (κ2) is 7.81. The highest BCUT2D eigenvalue weighted by Gasteiger charge is 2.48. The minimum atomic E-state index is 0.408. The van der Waals surface area contributed by atoms with E-state index in [0.717, 1.165) is 42.3 Å². The summed E-state index contributed by atoms with van der Waals surface area (Å²) in [7, 11) is 0. The molecule has 3 aromatic rings. The number of aromatic amines is 1. The lowest BCUT2D eigenvalue weighted by Crippen LogP contribution is -2.38. The van der Waals surface area contributed by atoms with E-state index in [0.29, 0.717) is 29.8 Å². The first kappa shape index (κ1) is 19.1. The Hall–Kier alpha value is -2.63. The molecule has 3 atom stereocenters. The predicted molar refractivity (Wildman–Crippen MR) is 120 cm³/mol. The number of aromatic nitrogens is 4. The Labute approximate surface area is 183 Å². The molecule has 3 unspecified atom stereocenters. The number of H-pyrrole nitrogens is 1. The van der Waals surface area contributed by atoms with Crippen molar-refractivity contribution in [1.82, 2.24) is 24.9 Å². The molecule has 6 rings (SSSR count). The normalized spacial score (nSPS) is 26.2. The lowest BCUT2D eigenvalue weighted by Gasteiger charge is -2.28. The van der Waals surface area contributed by atoms with Gasteiger partial charge >= 0.3 is 0 Å². The fourth-order valence-electron chi connectivity index (χ4n) is 6.48. The minimum absolute atomic E-state index is 0.408. The third-order valence-corrected chi connectivity index (χ3v) is 8.02. The maximum atomic E-state index is 13.2. The lowest BCUT2D eigenvalue weighted by atomic mass is 9.86. The van der Waals surface area contributed by atoms with E-state index in [1.807, 2.05) is 18.6 Å². The van der Waals surface area contributed by atoms with Gasteiger partial charge in [0.1, 0.15) is 0 Å². The van der Waals surface area contributed by atoms with E-state index in [1.165, 1.54) is 44.0 Å². The Balaban J connectivity index is 1.17. The molecule has 6 nitrogen and oxygen atoms in total. The minimum Gasteiger partial charge on any atom is -0.336 e. The molecule has 2 aliphatic heterocycles. The van der Waals surface area contributed by atoms with E-state index in [9.17, 15) is 4.79 Å². The second-order valence-corrected chi connectivity index (χ2v) is 9.89. The van der Waals surface area contributed by atoms with Gasteiger partial charge in [-0.3, -0.25) is 14.6 Å². The predicted octanol–water partition coefficient (Wildman–Crippen LogP) is 4.78. The van der Waals surface area contributed by atoms with E-state index < -0.39 is 0 Å². The topological polar surface area (TPSA) is 66.8 Å². The number of amides is 1. The first-order valence-electron chi connectivity index (χ1n) is 12.0. The van der Waals surface area contributed by atoms with Crippen LogP contribution in [-0.2, 0) is 11.3 Å². The molecular weight excluding hydrogens is 386 g/mol. The summed E-state index contributed by atoms with van der Waals surface area (Å²) in [5.74, 6) is 1.57. The third-order valence-electron chi connectivity index (χ3n) is 8.02. The highest BCUT2D eigenvalue weighted by atomic mass is 16.2. The van der Waals surface area contributed by atoms with Crippen molar-refractivity contribution >= 4 is 16.8 Å². The van der Waals surface area contributed by atoms with Gasteiger partial charge in [0, 0.05) is 48.1 Å². The van der Waals surface area contributed by atoms with Crippen molar-refractivity contribution in [2.75, 3.05) is 0 Å². The van der Waals surface area contributed by atoms with Gasteiger partial charge in [0.05, 0.1) is 17.9 Å². The maximum absolute atomic E-state index is 13.2. The molecule has 0 radical (unpaired) electrons. The number of nitrogens with one attached hydrogen (secondary N) is 1. The number of rotatable bonds is 5. The molecule has 3 aliphatic rings. The Morgan fingerprint density at radius 3 is 2.81 bits per heavy atom. The van der Waals surface area contributed by atoms with Crippen molar-refractivity contribution in [3.05, 3.63) is 36.8 Å². The van der Waals surface area contributed by atoms with Gasteiger partial charge in [-0.25, -0.2) is 0 Å². The van der Waals surface area contributed by atoms with Gasteiger partial charge in [0.15, 0.2) is 0 Å². The van der Waals surface area contributed by atoms with Crippen LogP contribution in [0, 0.1) is 11.8 Å². The summed E-state index contributed by atoms with van der Waals surface area (Å²) < 4.78 is 2.16. The fraction of sp³-hybridized carbons (Fsp3) is 0.560. The van der Waals surface area contributed by atoms with Gasteiger partial charge < -0.3 is 4.90 Å². The van der Waals surface area contributed by atoms with Gasteiger partial charge in [0.25, 0.3) is 0 Å². The number of hydrogen-bond acceptors (Lipinski definition) is 3. The van der Waals surface area contributed by atoms with Crippen LogP contribution in [0.3, 0.4) is 0 Å². The Morgan fingerprint density at radius 1 is 1.06 bits per heavy atom. The van der Waals surface area contributed by atoms with E-state index in [2.05, 4.69) is 38.0 Å². The van der Waals surface area contributed by atoms with Gasteiger partial charge in [0.2, 0.25) is 5.91 Å². The smallest absolute Gasteiger partial charge is 0.223 e. The summed E-state index contributed by atoms with van der Waals surface area (Å²) >= 11 is 0. The maximum Gasteiger partial charge on any atom is 0.223 e. The van der Waals surface area contributed by atoms with Gasteiger partial charge in [-0.2, -0.15) is 10.2 Å². The SMILES string of the molecule is O=C(CC1CCCCC1)N1C2CCC1C(Cn1ncc3cc(-c4cn[nH]c4)ccc31)C2. The molecule has 4 heterocycles. The van der Waals surface area contributed by atoms with Crippen molar-refractivity contribution in [2.45, 2.75) is 76.4 Å². The Bertz CT molecular complexity index is 1060. The number of nitrogens with zero attached hydrogens (tertiary/aromatic N) is 4. The van der Waals surface area contributed by atoms with Crippen LogP contribution in [0.25, 0.3) is 22.0 Å². The van der Waals surface area contributed by atoms with Crippen molar-refractivity contribution in [2.24, 2.45) is 11.8 Å². The number of carbonyl (C=O) groups excluding carboxylic acids is 1. The highest BCUT2D eigenvalue weighted by Crippen LogP contribution is 2.43. The fourth-order valence-corrected chi connectivity index (χ4v) is 6.48. The van der Waals surface area contributed by atoms with Gasteiger partial charge in [-0.15, -0.1) is 0 Å². The van der Waals surface area contributed by atoms with Crippen LogP contribution in [0.1, 0.15) is 57.8 Å². The van der Waals surface area contributed by atoms with E-state index >= 15 is 0 Å². The molecule has 2 aromatic heterocycles. The molecule has 1 aromatic carbocycles. The Morgan fingerprint density at radius 2 is 1.97 bits per heavy atom. The molecule has 6 heteroatoms. The number of fused-ring (bicyclic) bond motifs is 3. The van der Waals surface area contributed by atoms with E-state index in [-0.39, 0.29) is 0 Å². The second-order valence-electron chi connectivity index (χ2n) is 9.89. The molecule has 1 aliphatic carbocycles. The van der Waals surface area contributed by atoms with Crippen LogP contribution in [0.4, 0.5) is 0 Å². The van der Waals surface area contributed by atoms with Crippen LogP contribution in [0.5, 0.6) is 0 Å². The summed E-state index contributed by atoms with van der Waals surface area (Å²) in [4.78, 5) is 15.5. The number of hydrogen-bond donors (Lipinski definition) is 1. The molecule has 31 heavy (non-hydrogen) atoms. The highest BCUT2D eigenvalue weighted by molar-refractivity contribution is 5.84. The number of carbonyl (C=O) groups is 1. The summed E-state index contributed by atoms with van der Waals surface area (Å²) in [5, 5.41) is 12.8. The molecule has 0 spiro atoms. The van der Waals surface area contributed by atoms with Crippen LogP contribution in [0.2, 0.25) is 0 Å². The van der Waals surface area contributed by atoms with Gasteiger partial charge in [-0.05, 0) is 55.7 Å². The standard InChI is InChI=1S/C25H31N5O/c31-25(10-17-4-2-1-3-5-17)30-22-7-9-24(30)20(12-22)16-29-23-8-6-18(11-19(23)15-28-29)21-13-26-27-14-21/h6,8,11,13-15,17,20,22,24H,1-5,7,9-10,12,16H2,(H,26,27). The van der Waals surface area contributed by atoms with Crippen molar-refractivity contribution in [3.63, 3.8) is 0 Å². The Kier molecular flexibility index (Phi) is 4.81. The quantitative estimate of drug-likeness (QED) is 0.650. The average Bonchev–Trinajstić information content (AvgIpc) is 3.58. The first-order valence-corrected chi connectivity index (χ1v) is 12.0. The summed E-state index contributed by atoms with van der Waals surface area (Å²) in [5.41, 5.74) is 3.42. The zero-order valence-electron chi connectivity index (χ0n) is 18.0. The number of benzene rings is 1. The molecular formula is C25H31N5O. The zero-order chi connectivity index (χ0) is 20.8. The van der Waals surface area contributed by atoms with Crippen molar-refractivity contribution < 1.29 is 4.79 Å². The molecule has 3 fully saturated rings. The molecule has 1 amide bonds. The van der Waals surface area contributed by atoms with Crippen LogP contribution in [-0.4, -0.2) is 42.9 Å². The third kappa shape index (κ3) is 3.46. The van der Waals surface area contributed by atoms with Crippen LogP contribution >= 0.6 is 0 Å². The van der Waals surface area contributed by atoms with Crippen molar-refractivity contribution in [1.29, 1.82) is 0 Å². The largest absolute Gasteiger partial charge is 0.336 e. The summed E-state index contributed by atoms with van der Waals surface area (Å²) in [6.45, 7) is 0.906. The summed E-state index contributed by atoms with van der Waals surface area (Å²) in [6, 6.07) is 7.37. The van der Waals surface area contributed by atoms with Crippen LogP contribution < -0.4 is 0 Å². The van der Waals surface area contributed by atoms with E-state index in [1.54, 1.807) is 0 Å². The van der Waals surface area contributed by atoms with E-state index in [4.69, 9.17) is 5.10 Å². The molecule has 1 N–H and O–H groups in total. The summed E-state index contributed by atoms with van der Waals surface area (Å²) in [6.07, 6.45) is 16.5. The monoisotopic (exact) mass is 417 g/mol.